The van der Waals surface area contributed by atoms with Crippen LogP contribution in [0.3, 0.4) is 0 Å². The Morgan fingerprint density at radius 1 is 1.16 bits per heavy atom. The molecule has 25 heavy (non-hydrogen) atoms. The van der Waals surface area contributed by atoms with Crippen LogP contribution in [0, 0.1) is 0 Å². The van der Waals surface area contributed by atoms with E-state index in [1.165, 1.54) is 25.4 Å². The lowest BCUT2D eigenvalue weighted by molar-refractivity contribution is -0.137. The monoisotopic (exact) mass is 349 g/mol. The van der Waals surface area contributed by atoms with Gasteiger partial charge in [-0.3, -0.25) is 4.79 Å². The number of hydrogen-bond acceptors (Lipinski definition) is 3. The Labute approximate surface area is 144 Å². The van der Waals surface area contributed by atoms with E-state index in [-0.39, 0.29) is 23.3 Å². The molecule has 2 aromatic carbocycles. The van der Waals surface area contributed by atoms with Crippen molar-refractivity contribution in [3.05, 3.63) is 71.4 Å². The molecule has 0 unspecified atom stereocenters. The molecule has 1 N–H and O–H groups in total. The fourth-order valence-electron chi connectivity index (χ4n) is 2.40. The lowest BCUT2D eigenvalue weighted by Gasteiger charge is -2.12. The first-order valence-corrected chi connectivity index (χ1v) is 7.56. The number of nitrogens with one attached hydrogen (secondary N) is 1. The van der Waals surface area contributed by atoms with Crippen LogP contribution in [-0.2, 0) is 17.4 Å². The van der Waals surface area contributed by atoms with Crippen LogP contribution in [0.5, 0.6) is 5.75 Å². The largest absolute Gasteiger partial charge is 0.497 e. The number of rotatable bonds is 6. The van der Waals surface area contributed by atoms with Crippen LogP contribution in [-0.4, -0.2) is 19.9 Å². The molecule has 0 atom stereocenters. The average Bonchev–Trinajstić information content (AvgIpc) is 2.59. The van der Waals surface area contributed by atoms with Gasteiger partial charge in [-0.25, -0.2) is 0 Å². The standard InChI is InChI=1S/C19H18F3NO2/c1-23-12-17(14-6-4-7-15(11-14)19(20,21)22)18(24)10-13-5-3-8-16(9-13)25-2/h3-9,11-12,23H,10H2,1-2H3. The molecule has 0 saturated heterocycles. The Balaban J connectivity index is 2.32. The normalized spacial score (nSPS) is 12.0. The lowest BCUT2D eigenvalue weighted by Crippen LogP contribution is -2.11. The molecule has 0 saturated carbocycles. The summed E-state index contributed by atoms with van der Waals surface area (Å²) in [5.74, 6) is 0.324. The summed E-state index contributed by atoms with van der Waals surface area (Å²) >= 11 is 0. The molecular weight excluding hydrogens is 331 g/mol. The van der Waals surface area contributed by atoms with Crippen LogP contribution >= 0.6 is 0 Å². The highest BCUT2D eigenvalue weighted by Crippen LogP contribution is 2.31. The quantitative estimate of drug-likeness (QED) is 0.799. The maximum absolute atomic E-state index is 12.9. The van der Waals surface area contributed by atoms with Gasteiger partial charge in [-0.15, -0.1) is 0 Å². The van der Waals surface area contributed by atoms with Gasteiger partial charge in [0.15, 0.2) is 5.78 Å². The van der Waals surface area contributed by atoms with Gasteiger partial charge in [0.25, 0.3) is 0 Å². The molecule has 0 aliphatic rings. The van der Waals surface area contributed by atoms with Crippen molar-refractivity contribution in [3.8, 4) is 5.75 Å². The molecule has 0 radical (unpaired) electrons. The predicted octanol–water partition coefficient (Wildman–Crippen LogP) is 4.09. The summed E-state index contributed by atoms with van der Waals surface area (Å²) in [6.07, 6.45) is -2.99. The number of methoxy groups -OCH3 is 1. The molecule has 3 nitrogen and oxygen atoms in total. The molecule has 0 fully saturated rings. The van der Waals surface area contributed by atoms with Crippen molar-refractivity contribution in [3.63, 3.8) is 0 Å². The SMILES string of the molecule is CNC=C(C(=O)Cc1cccc(OC)c1)c1cccc(C(F)(F)F)c1. The minimum atomic E-state index is -4.46. The van der Waals surface area contributed by atoms with E-state index < -0.39 is 11.7 Å². The van der Waals surface area contributed by atoms with Crippen molar-refractivity contribution >= 4 is 11.4 Å². The first kappa shape index (κ1) is 18.6. The summed E-state index contributed by atoms with van der Waals surface area (Å²) < 4.78 is 43.9. The summed E-state index contributed by atoms with van der Waals surface area (Å²) in [7, 11) is 3.11. The maximum atomic E-state index is 12.9. The Morgan fingerprint density at radius 3 is 2.52 bits per heavy atom. The second-order valence-corrected chi connectivity index (χ2v) is 5.38. The zero-order valence-corrected chi connectivity index (χ0v) is 13.9. The molecule has 6 heteroatoms. The molecule has 0 aliphatic carbocycles. The van der Waals surface area contributed by atoms with E-state index in [4.69, 9.17) is 4.74 Å². The maximum Gasteiger partial charge on any atom is 0.416 e. The molecule has 0 aliphatic heterocycles. The van der Waals surface area contributed by atoms with Crippen LogP contribution < -0.4 is 10.1 Å². The van der Waals surface area contributed by atoms with E-state index in [1.54, 1.807) is 31.3 Å². The molecular formula is C19H18F3NO2. The number of alkyl halides is 3. The number of ketones is 1. The summed E-state index contributed by atoms with van der Waals surface area (Å²) in [4.78, 5) is 12.6. The highest BCUT2D eigenvalue weighted by molar-refractivity contribution is 6.21. The zero-order chi connectivity index (χ0) is 18.4. The van der Waals surface area contributed by atoms with Crippen molar-refractivity contribution in [2.75, 3.05) is 14.2 Å². The topological polar surface area (TPSA) is 38.3 Å². The number of benzene rings is 2. The van der Waals surface area contributed by atoms with E-state index in [9.17, 15) is 18.0 Å². The van der Waals surface area contributed by atoms with E-state index in [1.807, 2.05) is 0 Å². The predicted molar refractivity (Wildman–Crippen MR) is 90.2 cm³/mol. The van der Waals surface area contributed by atoms with Crippen LogP contribution in [0.15, 0.2) is 54.7 Å². The van der Waals surface area contributed by atoms with Gasteiger partial charge in [0.05, 0.1) is 12.7 Å². The summed E-state index contributed by atoms with van der Waals surface area (Å²) in [6.45, 7) is 0. The fourth-order valence-corrected chi connectivity index (χ4v) is 2.40. The van der Waals surface area contributed by atoms with Crippen molar-refractivity contribution in [1.29, 1.82) is 0 Å². The van der Waals surface area contributed by atoms with Gasteiger partial charge in [0, 0.05) is 25.2 Å². The van der Waals surface area contributed by atoms with Crippen molar-refractivity contribution in [2.24, 2.45) is 0 Å². The Morgan fingerprint density at radius 2 is 1.88 bits per heavy atom. The fraction of sp³-hybridized carbons (Fsp3) is 0.211. The Bertz CT molecular complexity index is 782. The smallest absolute Gasteiger partial charge is 0.416 e. The molecule has 2 rings (SSSR count). The van der Waals surface area contributed by atoms with Crippen molar-refractivity contribution in [2.45, 2.75) is 12.6 Å². The van der Waals surface area contributed by atoms with Crippen molar-refractivity contribution in [1.82, 2.24) is 5.32 Å². The third-order valence-corrected chi connectivity index (χ3v) is 3.59. The summed E-state index contributed by atoms with van der Waals surface area (Å²) in [6, 6.07) is 11.7. The molecule has 0 heterocycles. The number of carbonyl (C=O) groups excluding carboxylic acids is 1. The Hall–Kier alpha value is -2.76. The Kier molecular flexibility index (Phi) is 5.85. The molecule has 2 aromatic rings. The average molecular weight is 349 g/mol. The third kappa shape index (κ3) is 4.86. The van der Waals surface area contributed by atoms with Crippen LogP contribution in [0.2, 0.25) is 0 Å². The molecule has 0 aromatic heterocycles. The van der Waals surface area contributed by atoms with Gasteiger partial charge < -0.3 is 10.1 Å². The zero-order valence-electron chi connectivity index (χ0n) is 13.9. The minimum absolute atomic E-state index is 0.0565. The highest BCUT2D eigenvalue weighted by Gasteiger charge is 2.30. The van der Waals surface area contributed by atoms with E-state index in [0.717, 1.165) is 17.7 Å². The second-order valence-electron chi connectivity index (χ2n) is 5.38. The molecule has 0 bridgehead atoms. The minimum Gasteiger partial charge on any atom is -0.497 e. The number of Topliss-reactive ketones (excluding diaryl/α,β-unsaturated/α-hetero) is 1. The number of halogens is 3. The first-order chi connectivity index (χ1) is 11.8. The lowest BCUT2D eigenvalue weighted by atomic mass is 9.96. The van der Waals surface area contributed by atoms with Gasteiger partial charge in [-0.2, -0.15) is 13.2 Å². The number of hydrogen-bond donors (Lipinski definition) is 1. The van der Waals surface area contributed by atoms with E-state index >= 15 is 0 Å². The van der Waals surface area contributed by atoms with Gasteiger partial charge >= 0.3 is 6.18 Å². The van der Waals surface area contributed by atoms with Gasteiger partial charge in [-0.1, -0.05) is 24.3 Å². The second kappa shape index (κ2) is 7.88. The van der Waals surface area contributed by atoms with Crippen LogP contribution in [0.25, 0.3) is 5.57 Å². The first-order valence-electron chi connectivity index (χ1n) is 7.56. The van der Waals surface area contributed by atoms with Gasteiger partial charge in [0.2, 0.25) is 0 Å². The van der Waals surface area contributed by atoms with Gasteiger partial charge in [0.1, 0.15) is 5.75 Å². The van der Waals surface area contributed by atoms with Gasteiger partial charge in [-0.05, 0) is 35.4 Å². The number of carbonyl (C=O) groups is 1. The summed E-state index contributed by atoms with van der Waals surface area (Å²) in [5, 5.41) is 2.72. The van der Waals surface area contributed by atoms with Crippen LogP contribution in [0.4, 0.5) is 13.2 Å². The van der Waals surface area contributed by atoms with E-state index in [0.29, 0.717) is 5.75 Å². The number of allylic oxidation sites excluding steroid dienone is 1. The van der Waals surface area contributed by atoms with Crippen LogP contribution in [0.1, 0.15) is 16.7 Å². The summed E-state index contributed by atoms with van der Waals surface area (Å²) in [5.41, 5.74) is 0.341. The molecule has 0 spiro atoms. The number of ether oxygens (including phenoxy) is 1. The third-order valence-electron chi connectivity index (χ3n) is 3.59. The van der Waals surface area contributed by atoms with Crippen molar-refractivity contribution < 1.29 is 22.7 Å². The highest BCUT2D eigenvalue weighted by atomic mass is 19.4. The molecule has 132 valence electrons. The molecule has 0 amide bonds. The van der Waals surface area contributed by atoms with E-state index in [2.05, 4.69) is 5.32 Å².